The molecule has 1 N–H and O–H groups in total. The van der Waals surface area contributed by atoms with Crippen molar-refractivity contribution in [2.24, 2.45) is 0 Å². The minimum absolute atomic E-state index is 0.204. The molecule has 0 aliphatic heterocycles. The summed E-state index contributed by atoms with van der Waals surface area (Å²) in [5.41, 5.74) is 3.83. The molecule has 2 nitrogen and oxygen atoms in total. The molecular weight excluding hydrogens is 258 g/mol. The molecule has 0 spiro atoms. The van der Waals surface area contributed by atoms with Crippen LogP contribution in [0.3, 0.4) is 0 Å². The topological polar surface area (TPSA) is 29.1 Å². The Morgan fingerprint density at radius 3 is 2.32 bits per heavy atom. The lowest BCUT2D eigenvalue weighted by atomic mass is 10.1. The zero-order valence-electron chi connectivity index (χ0n) is 10.4. The van der Waals surface area contributed by atoms with Crippen LogP contribution in [-0.4, -0.2) is 13.0 Å². The van der Waals surface area contributed by atoms with E-state index < -0.39 is 0 Å². The van der Waals surface area contributed by atoms with Gasteiger partial charge in [-0.25, -0.2) is 0 Å². The Morgan fingerprint density at radius 2 is 1.89 bits per heavy atom. The van der Waals surface area contributed by atoms with Gasteiger partial charge in [0.2, 0.25) is 0 Å². The van der Waals surface area contributed by atoms with Crippen molar-refractivity contribution >= 4 is 17.5 Å². The number of nitrogens with one attached hydrogen (secondary N) is 1. The van der Waals surface area contributed by atoms with Crippen LogP contribution in [0, 0.1) is 12.3 Å². The molecule has 3 rings (SSSR count). The summed E-state index contributed by atoms with van der Waals surface area (Å²) in [4.78, 5) is 11.3. The number of fused-ring (bicyclic) bond motifs is 1. The van der Waals surface area contributed by atoms with Gasteiger partial charge in [-0.15, -0.1) is 6.42 Å². The molecule has 0 radical (unpaired) electrons. The van der Waals surface area contributed by atoms with E-state index in [9.17, 15) is 4.79 Å². The molecule has 1 amide bonds. The molecule has 0 aromatic heterocycles. The summed E-state index contributed by atoms with van der Waals surface area (Å²) in [7, 11) is 1.55. The van der Waals surface area contributed by atoms with E-state index in [1.54, 1.807) is 25.2 Å². The fraction of sp³-hybridized carbons (Fsp3) is 0.0625. The summed E-state index contributed by atoms with van der Waals surface area (Å²) in [6.45, 7) is 0. The summed E-state index contributed by atoms with van der Waals surface area (Å²) in [6, 6.07) is 13.3. The zero-order chi connectivity index (χ0) is 13.8. The first kappa shape index (κ1) is 13.2. The third-order valence-corrected chi connectivity index (χ3v) is 2.96. The summed E-state index contributed by atoms with van der Waals surface area (Å²) in [5, 5.41) is 3.03. The predicted octanol–water partition coefficient (Wildman–Crippen LogP) is 3.35. The van der Waals surface area contributed by atoms with Gasteiger partial charge < -0.3 is 5.32 Å². The van der Waals surface area contributed by atoms with E-state index in [0.717, 1.165) is 0 Å². The van der Waals surface area contributed by atoms with Gasteiger partial charge in [0.25, 0.3) is 5.91 Å². The highest BCUT2D eigenvalue weighted by molar-refractivity contribution is 6.30. The van der Waals surface area contributed by atoms with Gasteiger partial charge in [0.1, 0.15) is 0 Å². The Bertz CT molecular complexity index is 653. The van der Waals surface area contributed by atoms with Crippen LogP contribution in [0.4, 0.5) is 0 Å². The second kappa shape index (κ2) is 5.60. The second-order valence-corrected chi connectivity index (χ2v) is 4.43. The van der Waals surface area contributed by atoms with Gasteiger partial charge >= 0.3 is 0 Å². The van der Waals surface area contributed by atoms with Gasteiger partial charge in [-0.05, 0) is 35.4 Å². The van der Waals surface area contributed by atoms with Crippen molar-refractivity contribution in [1.82, 2.24) is 5.32 Å². The number of hydrogen-bond acceptors (Lipinski definition) is 1. The summed E-state index contributed by atoms with van der Waals surface area (Å²) >= 11 is 5.72. The number of terminal acetylenes is 1. The molecule has 0 unspecified atom stereocenters. The van der Waals surface area contributed by atoms with Crippen LogP contribution in [0.25, 0.3) is 11.1 Å². The maximum absolute atomic E-state index is 11.3. The average molecular weight is 270 g/mol. The lowest BCUT2D eigenvalue weighted by Crippen LogP contribution is -2.18. The smallest absolute Gasteiger partial charge is 0.252 e. The van der Waals surface area contributed by atoms with Crippen molar-refractivity contribution in [1.29, 1.82) is 0 Å². The van der Waals surface area contributed by atoms with E-state index in [4.69, 9.17) is 18.0 Å². The van der Waals surface area contributed by atoms with Crippen LogP contribution < -0.4 is 5.32 Å². The van der Waals surface area contributed by atoms with Crippen molar-refractivity contribution < 1.29 is 4.79 Å². The van der Waals surface area contributed by atoms with Gasteiger partial charge in [0.15, 0.2) is 0 Å². The Labute approximate surface area is 117 Å². The predicted molar refractivity (Wildman–Crippen MR) is 78.2 cm³/mol. The Balaban J connectivity index is 0.000000180. The summed E-state index contributed by atoms with van der Waals surface area (Å²) < 4.78 is 0. The Morgan fingerprint density at radius 1 is 1.21 bits per heavy atom. The normalized spacial score (nSPS) is 9.74. The van der Waals surface area contributed by atoms with E-state index in [1.807, 2.05) is 0 Å². The highest BCUT2D eigenvalue weighted by Gasteiger charge is 2.08. The van der Waals surface area contributed by atoms with Crippen molar-refractivity contribution in [3.05, 3.63) is 58.6 Å². The van der Waals surface area contributed by atoms with Crippen molar-refractivity contribution in [3.8, 4) is 23.5 Å². The molecule has 0 fully saturated rings. The molecular formula is C16H12ClNO. The van der Waals surface area contributed by atoms with Crippen molar-refractivity contribution in [2.75, 3.05) is 7.05 Å². The molecule has 1 aromatic rings. The SMILES string of the molecule is C#Cc1cc(Cl)ccc1C(=O)NC.c1cc2cc-2c1. The van der Waals surface area contributed by atoms with Crippen molar-refractivity contribution in [2.45, 2.75) is 0 Å². The Kier molecular flexibility index (Phi) is 3.89. The van der Waals surface area contributed by atoms with Gasteiger partial charge in [0, 0.05) is 17.6 Å². The number of amides is 1. The first-order valence-electron chi connectivity index (χ1n) is 5.74. The third kappa shape index (κ3) is 3.15. The van der Waals surface area contributed by atoms with Gasteiger partial charge in [-0.2, -0.15) is 0 Å². The van der Waals surface area contributed by atoms with Crippen LogP contribution in [0.5, 0.6) is 0 Å². The van der Waals surface area contributed by atoms with Gasteiger partial charge in [0.05, 0.1) is 5.56 Å². The third-order valence-electron chi connectivity index (χ3n) is 2.72. The van der Waals surface area contributed by atoms with E-state index >= 15 is 0 Å². The molecule has 0 heterocycles. The van der Waals surface area contributed by atoms with E-state index in [1.165, 1.54) is 11.1 Å². The molecule has 94 valence electrons. The molecule has 0 saturated heterocycles. The average Bonchev–Trinajstić information content (AvgIpc) is 3.04. The van der Waals surface area contributed by atoms with Gasteiger partial charge in [-0.3, -0.25) is 4.79 Å². The van der Waals surface area contributed by atoms with Crippen LogP contribution >= 0.6 is 11.6 Å². The highest BCUT2D eigenvalue weighted by atomic mass is 35.5. The molecule has 2 aliphatic carbocycles. The van der Waals surface area contributed by atoms with Crippen LogP contribution in [0.1, 0.15) is 15.9 Å². The van der Waals surface area contributed by atoms with Gasteiger partial charge in [-0.1, -0.05) is 35.7 Å². The number of carbonyl (C=O) groups is 1. The first-order valence-corrected chi connectivity index (χ1v) is 6.12. The quantitative estimate of drug-likeness (QED) is 0.675. The summed E-state index contributed by atoms with van der Waals surface area (Å²) in [5.74, 6) is 2.20. The van der Waals surface area contributed by atoms with Crippen LogP contribution in [-0.2, 0) is 0 Å². The van der Waals surface area contributed by atoms with E-state index in [-0.39, 0.29) is 5.91 Å². The molecule has 0 bridgehead atoms. The highest BCUT2D eigenvalue weighted by Crippen LogP contribution is 2.32. The number of benzene rings is 2. The standard InChI is InChI=1S/C10H8ClNO.C6H4/c1-3-7-6-8(11)4-5-9(7)10(13)12-2;1-2-5-4-6(5)3-1/h1,4-6H,2H3,(H,12,13);1-4H. The largest absolute Gasteiger partial charge is 0.355 e. The van der Waals surface area contributed by atoms with E-state index in [2.05, 4.69) is 35.5 Å². The molecule has 19 heavy (non-hydrogen) atoms. The first-order chi connectivity index (χ1) is 9.15. The molecule has 0 saturated carbocycles. The number of halogens is 1. The van der Waals surface area contributed by atoms with Crippen LogP contribution in [0.2, 0.25) is 5.02 Å². The van der Waals surface area contributed by atoms with Crippen LogP contribution in [0.15, 0.2) is 42.5 Å². The maximum atomic E-state index is 11.3. The Hall–Kier alpha value is -2.24. The summed E-state index contributed by atoms with van der Waals surface area (Å²) in [6.07, 6.45) is 5.22. The molecule has 1 aromatic carbocycles. The second-order valence-electron chi connectivity index (χ2n) is 3.99. The van der Waals surface area contributed by atoms with E-state index in [0.29, 0.717) is 16.1 Å². The lowest BCUT2D eigenvalue weighted by molar-refractivity contribution is 0.0963. The number of rotatable bonds is 1. The lowest BCUT2D eigenvalue weighted by Gasteiger charge is -2.02. The maximum Gasteiger partial charge on any atom is 0.252 e. The fourth-order valence-electron chi connectivity index (χ4n) is 1.64. The minimum Gasteiger partial charge on any atom is -0.355 e. The van der Waals surface area contributed by atoms with Crippen molar-refractivity contribution in [3.63, 3.8) is 0 Å². The molecule has 2 aliphatic rings. The molecule has 0 atom stereocenters. The number of carbonyl (C=O) groups excluding carboxylic acids is 1. The fourth-order valence-corrected chi connectivity index (χ4v) is 1.82. The molecule has 3 heteroatoms. The number of hydrogen-bond donors (Lipinski definition) is 1. The zero-order valence-corrected chi connectivity index (χ0v) is 11.2. The minimum atomic E-state index is -0.204. The monoisotopic (exact) mass is 269 g/mol.